The number of hydrogen-bond acceptors (Lipinski definition) is 6. The third-order valence-corrected chi connectivity index (χ3v) is 4.50. The summed E-state index contributed by atoms with van der Waals surface area (Å²) in [6, 6.07) is 4.54. The Morgan fingerprint density at radius 3 is 2.78 bits per heavy atom. The highest BCUT2D eigenvalue weighted by molar-refractivity contribution is 9.10. The third-order valence-electron chi connectivity index (χ3n) is 4.00. The molecule has 7 nitrogen and oxygen atoms in total. The fourth-order valence-corrected chi connectivity index (χ4v) is 2.84. The van der Waals surface area contributed by atoms with Crippen LogP contribution in [-0.2, 0) is 18.2 Å². The monoisotopic (exact) mass is 442 g/mol. The van der Waals surface area contributed by atoms with E-state index in [0.717, 1.165) is 4.68 Å². The van der Waals surface area contributed by atoms with E-state index in [4.69, 9.17) is 9.84 Å². The Kier molecular flexibility index (Phi) is 7.37. The Hall–Kier alpha value is -1.94. The molecule has 0 saturated heterocycles. The van der Waals surface area contributed by atoms with Gasteiger partial charge in [0.1, 0.15) is 24.2 Å². The van der Waals surface area contributed by atoms with Crippen molar-refractivity contribution < 1.29 is 24.1 Å². The SMILES string of the molecule is Cc1c(Cc2ccc(Br)cc2F)c(C(=O)COC[C@H](O)CO)nn(C)c1=O. The van der Waals surface area contributed by atoms with Crippen molar-refractivity contribution in [3.05, 3.63) is 61.2 Å². The van der Waals surface area contributed by atoms with Crippen LogP contribution in [0.1, 0.15) is 27.2 Å². The molecule has 0 amide bonds. The summed E-state index contributed by atoms with van der Waals surface area (Å²) in [7, 11) is 1.42. The number of aromatic nitrogens is 2. The number of benzene rings is 1. The molecule has 9 heteroatoms. The van der Waals surface area contributed by atoms with Crippen LogP contribution in [0.3, 0.4) is 0 Å². The highest BCUT2D eigenvalue weighted by atomic mass is 79.9. The van der Waals surface area contributed by atoms with Crippen molar-refractivity contribution in [3.63, 3.8) is 0 Å². The zero-order chi connectivity index (χ0) is 20.1. The van der Waals surface area contributed by atoms with Crippen LogP contribution < -0.4 is 5.56 Å². The lowest BCUT2D eigenvalue weighted by molar-refractivity contribution is 0.00877. The van der Waals surface area contributed by atoms with E-state index < -0.39 is 30.9 Å². The minimum absolute atomic E-state index is 0.00964. The summed E-state index contributed by atoms with van der Waals surface area (Å²) in [5, 5.41) is 22.1. The zero-order valence-corrected chi connectivity index (χ0v) is 16.5. The van der Waals surface area contributed by atoms with Crippen LogP contribution in [0, 0.1) is 12.7 Å². The first-order valence-corrected chi connectivity index (χ1v) is 8.94. The molecule has 146 valence electrons. The molecule has 27 heavy (non-hydrogen) atoms. The maximum absolute atomic E-state index is 14.2. The molecular formula is C18H20BrFN2O5. The van der Waals surface area contributed by atoms with Crippen molar-refractivity contribution in [2.45, 2.75) is 19.4 Å². The van der Waals surface area contributed by atoms with Gasteiger partial charge in [0.15, 0.2) is 0 Å². The molecule has 1 atom stereocenters. The molecule has 0 bridgehead atoms. The molecule has 1 aromatic carbocycles. The van der Waals surface area contributed by atoms with Gasteiger partial charge >= 0.3 is 0 Å². The molecule has 0 radical (unpaired) electrons. The Morgan fingerprint density at radius 2 is 2.15 bits per heavy atom. The quantitative estimate of drug-likeness (QED) is 0.594. The lowest BCUT2D eigenvalue weighted by atomic mass is 9.98. The number of carbonyl (C=O) groups is 1. The number of nitrogens with zero attached hydrogens (tertiary/aromatic N) is 2. The number of ether oxygens (including phenoxy) is 1. The fraction of sp³-hybridized carbons (Fsp3) is 0.389. The predicted molar refractivity (Wildman–Crippen MR) is 99.4 cm³/mol. The number of ketones is 1. The van der Waals surface area contributed by atoms with E-state index in [9.17, 15) is 19.1 Å². The van der Waals surface area contributed by atoms with Crippen LogP contribution >= 0.6 is 15.9 Å². The summed E-state index contributed by atoms with van der Waals surface area (Å²) >= 11 is 3.19. The van der Waals surface area contributed by atoms with Crippen molar-refractivity contribution in [2.75, 3.05) is 19.8 Å². The smallest absolute Gasteiger partial charge is 0.269 e. The summed E-state index contributed by atoms with van der Waals surface area (Å²) in [6.45, 7) is 0.462. The number of aryl methyl sites for hydroxylation is 1. The summed E-state index contributed by atoms with van der Waals surface area (Å²) in [4.78, 5) is 24.8. The first-order chi connectivity index (χ1) is 12.7. The first kappa shape index (κ1) is 21.4. The van der Waals surface area contributed by atoms with Gasteiger partial charge in [-0.15, -0.1) is 0 Å². The number of halogens is 2. The molecule has 0 saturated carbocycles. The molecule has 0 spiro atoms. The molecule has 1 heterocycles. The Labute approximate surface area is 163 Å². The third kappa shape index (κ3) is 5.29. The van der Waals surface area contributed by atoms with Gasteiger partial charge in [0.05, 0.1) is 13.2 Å². The van der Waals surface area contributed by atoms with Crippen molar-refractivity contribution in [2.24, 2.45) is 7.05 Å². The average molecular weight is 443 g/mol. The van der Waals surface area contributed by atoms with Crippen LogP contribution in [0.15, 0.2) is 27.5 Å². The Morgan fingerprint density at radius 1 is 1.44 bits per heavy atom. The zero-order valence-electron chi connectivity index (χ0n) is 14.9. The van der Waals surface area contributed by atoms with Gasteiger partial charge in [-0.2, -0.15) is 5.10 Å². The number of Topliss-reactive ketones (excluding diaryl/α,β-unsaturated/α-hetero) is 1. The lowest BCUT2D eigenvalue weighted by Gasteiger charge is -2.14. The van der Waals surface area contributed by atoms with E-state index in [2.05, 4.69) is 21.0 Å². The van der Waals surface area contributed by atoms with Crippen molar-refractivity contribution in [1.82, 2.24) is 9.78 Å². The van der Waals surface area contributed by atoms with Crippen LogP contribution in [0.5, 0.6) is 0 Å². The predicted octanol–water partition coefficient (Wildman–Crippen LogP) is 1.13. The minimum Gasteiger partial charge on any atom is -0.394 e. The minimum atomic E-state index is -1.09. The molecule has 0 aliphatic carbocycles. The topological polar surface area (TPSA) is 102 Å². The van der Waals surface area contributed by atoms with E-state index in [0.29, 0.717) is 21.2 Å². The number of carbonyl (C=O) groups excluding carboxylic acids is 1. The highest BCUT2D eigenvalue weighted by Gasteiger charge is 2.21. The van der Waals surface area contributed by atoms with E-state index in [-0.39, 0.29) is 24.3 Å². The fourth-order valence-electron chi connectivity index (χ4n) is 2.51. The number of aliphatic hydroxyl groups is 2. The number of rotatable bonds is 8. The van der Waals surface area contributed by atoms with Gasteiger partial charge in [0.25, 0.3) is 5.56 Å². The number of hydrogen-bond donors (Lipinski definition) is 2. The summed E-state index contributed by atoms with van der Waals surface area (Å²) < 4.78 is 20.9. The van der Waals surface area contributed by atoms with Gasteiger partial charge in [0, 0.05) is 23.5 Å². The highest BCUT2D eigenvalue weighted by Crippen LogP contribution is 2.21. The molecule has 0 unspecified atom stereocenters. The van der Waals surface area contributed by atoms with Crippen molar-refractivity contribution >= 4 is 21.7 Å². The van der Waals surface area contributed by atoms with Crippen LogP contribution in [0.2, 0.25) is 0 Å². The van der Waals surface area contributed by atoms with Crippen molar-refractivity contribution in [3.8, 4) is 0 Å². The largest absolute Gasteiger partial charge is 0.394 e. The summed E-state index contributed by atoms with van der Waals surface area (Å²) in [6.07, 6.45) is -1.07. The molecule has 2 aromatic rings. The molecule has 2 N–H and O–H groups in total. The summed E-state index contributed by atoms with van der Waals surface area (Å²) in [5.74, 6) is -0.975. The van der Waals surface area contributed by atoms with Gasteiger partial charge in [-0.05, 0) is 30.2 Å². The maximum Gasteiger partial charge on any atom is 0.269 e. The Bertz CT molecular complexity index is 900. The molecule has 0 aliphatic rings. The molecule has 2 rings (SSSR count). The van der Waals surface area contributed by atoms with E-state index in [1.165, 1.54) is 13.1 Å². The van der Waals surface area contributed by atoms with E-state index >= 15 is 0 Å². The van der Waals surface area contributed by atoms with Crippen LogP contribution in [-0.4, -0.2) is 51.7 Å². The molecular weight excluding hydrogens is 423 g/mol. The second-order valence-corrected chi connectivity index (χ2v) is 6.98. The second-order valence-electron chi connectivity index (χ2n) is 6.07. The van der Waals surface area contributed by atoms with Crippen LogP contribution in [0.25, 0.3) is 0 Å². The molecule has 0 aliphatic heterocycles. The lowest BCUT2D eigenvalue weighted by Crippen LogP contribution is -2.29. The standard InChI is InChI=1S/C18H20BrFN2O5/c1-10-14(5-11-3-4-12(19)6-15(11)20)17(21-22(2)18(10)26)16(25)9-27-8-13(24)7-23/h3-4,6,13,23-24H,5,7-9H2,1-2H3/t13-/m1/s1. The van der Waals surface area contributed by atoms with E-state index in [1.54, 1.807) is 19.1 Å². The van der Waals surface area contributed by atoms with Gasteiger partial charge in [-0.1, -0.05) is 22.0 Å². The first-order valence-electron chi connectivity index (χ1n) is 8.15. The second kappa shape index (κ2) is 9.32. The molecule has 0 fully saturated rings. The Balaban J connectivity index is 2.36. The van der Waals surface area contributed by atoms with Crippen molar-refractivity contribution in [1.29, 1.82) is 0 Å². The van der Waals surface area contributed by atoms with Gasteiger partial charge in [-0.3, -0.25) is 9.59 Å². The normalized spacial score (nSPS) is 12.2. The number of aliphatic hydroxyl groups excluding tert-OH is 2. The van der Waals surface area contributed by atoms with E-state index in [1.807, 2.05) is 0 Å². The maximum atomic E-state index is 14.2. The van der Waals surface area contributed by atoms with Crippen LogP contribution in [0.4, 0.5) is 4.39 Å². The molecule has 1 aromatic heterocycles. The van der Waals surface area contributed by atoms with Gasteiger partial charge < -0.3 is 14.9 Å². The van der Waals surface area contributed by atoms with Gasteiger partial charge in [0.2, 0.25) is 5.78 Å². The summed E-state index contributed by atoms with van der Waals surface area (Å²) in [5.41, 5.74) is 0.581. The van der Waals surface area contributed by atoms with Gasteiger partial charge in [-0.25, -0.2) is 9.07 Å². The average Bonchev–Trinajstić information content (AvgIpc) is 2.63.